The summed E-state index contributed by atoms with van der Waals surface area (Å²) in [5.74, 6) is -0.332. The lowest BCUT2D eigenvalue weighted by Gasteiger charge is -2.31. The van der Waals surface area contributed by atoms with Gasteiger partial charge in [-0.05, 0) is 31.0 Å². The lowest BCUT2D eigenvalue weighted by Crippen LogP contribution is -2.48. The van der Waals surface area contributed by atoms with Gasteiger partial charge in [0.05, 0.1) is 11.6 Å². The molecule has 1 aromatic rings. The predicted octanol–water partition coefficient (Wildman–Crippen LogP) is 2.92. The topological polar surface area (TPSA) is 46.3 Å². The highest BCUT2D eigenvalue weighted by Gasteiger charge is 2.34. The van der Waals surface area contributed by atoms with Crippen molar-refractivity contribution < 1.29 is 18.0 Å². The highest BCUT2D eigenvalue weighted by Crippen LogP contribution is 2.37. The number of nitrogens with zero attached hydrogens (tertiary/aromatic N) is 1. The van der Waals surface area contributed by atoms with Gasteiger partial charge in [0.25, 0.3) is 0 Å². The fourth-order valence-corrected chi connectivity index (χ4v) is 2.53. The number of hydrogen-bond acceptors (Lipinski definition) is 2. The van der Waals surface area contributed by atoms with Crippen molar-refractivity contribution in [1.29, 1.82) is 0 Å². The van der Waals surface area contributed by atoms with E-state index in [1.165, 1.54) is 17.0 Å². The first-order chi connectivity index (χ1) is 8.80. The molecule has 1 aliphatic rings. The van der Waals surface area contributed by atoms with E-state index < -0.39 is 17.8 Å². The minimum absolute atomic E-state index is 0.0440. The second-order valence-electron chi connectivity index (χ2n) is 4.40. The lowest BCUT2D eigenvalue weighted by molar-refractivity contribution is -0.138. The number of rotatable bonds is 1. The largest absolute Gasteiger partial charge is 0.417 e. The molecule has 0 aliphatic carbocycles. The Bertz CT molecular complexity index is 504. The van der Waals surface area contributed by atoms with Gasteiger partial charge in [-0.3, -0.25) is 4.79 Å². The number of amides is 1. The van der Waals surface area contributed by atoms with Crippen molar-refractivity contribution >= 4 is 27.5 Å². The Balaban J connectivity index is 2.38. The first kappa shape index (κ1) is 14.3. The fourth-order valence-electron chi connectivity index (χ4n) is 2.06. The van der Waals surface area contributed by atoms with Crippen LogP contribution in [0.3, 0.4) is 0 Å². The van der Waals surface area contributed by atoms with Crippen LogP contribution >= 0.6 is 15.9 Å². The number of benzene rings is 1. The summed E-state index contributed by atoms with van der Waals surface area (Å²) in [6, 6.07) is 3.12. The molecule has 1 aromatic carbocycles. The van der Waals surface area contributed by atoms with Crippen LogP contribution in [0.4, 0.5) is 18.9 Å². The van der Waals surface area contributed by atoms with E-state index >= 15 is 0 Å². The molecule has 1 heterocycles. The van der Waals surface area contributed by atoms with Crippen LogP contribution < -0.4 is 10.6 Å². The second-order valence-corrected chi connectivity index (χ2v) is 5.25. The van der Waals surface area contributed by atoms with Crippen LogP contribution in [0.5, 0.6) is 0 Å². The van der Waals surface area contributed by atoms with E-state index in [1.54, 1.807) is 0 Å². The van der Waals surface area contributed by atoms with Gasteiger partial charge in [0.2, 0.25) is 5.91 Å². The number of halogens is 4. The van der Waals surface area contributed by atoms with Crippen molar-refractivity contribution in [1.82, 2.24) is 0 Å². The van der Waals surface area contributed by atoms with Crippen molar-refractivity contribution in [2.75, 3.05) is 11.4 Å². The molecule has 1 atom stereocenters. The van der Waals surface area contributed by atoms with Gasteiger partial charge in [-0.2, -0.15) is 13.2 Å². The summed E-state index contributed by atoms with van der Waals surface area (Å²) in [6.45, 7) is 0.394. The molecule has 1 aliphatic heterocycles. The zero-order valence-corrected chi connectivity index (χ0v) is 11.5. The Kier molecular flexibility index (Phi) is 3.87. The molecule has 0 aromatic heterocycles. The fraction of sp³-hybridized carbons (Fsp3) is 0.417. The van der Waals surface area contributed by atoms with Crippen LogP contribution in [0, 0.1) is 0 Å². The Morgan fingerprint density at radius 2 is 2.05 bits per heavy atom. The van der Waals surface area contributed by atoms with Crippen molar-refractivity contribution in [2.24, 2.45) is 5.73 Å². The van der Waals surface area contributed by atoms with Crippen molar-refractivity contribution in [3.63, 3.8) is 0 Å². The van der Waals surface area contributed by atoms with Crippen LogP contribution in [0.25, 0.3) is 0 Å². The number of hydrogen-bond donors (Lipinski definition) is 1. The van der Waals surface area contributed by atoms with Crippen LogP contribution in [-0.4, -0.2) is 18.5 Å². The van der Waals surface area contributed by atoms with Crippen LogP contribution in [-0.2, 0) is 11.0 Å². The molecule has 7 heteroatoms. The monoisotopic (exact) mass is 336 g/mol. The van der Waals surface area contributed by atoms with E-state index in [-0.39, 0.29) is 16.1 Å². The minimum Gasteiger partial charge on any atom is -0.320 e. The minimum atomic E-state index is -4.46. The maximum absolute atomic E-state index is 12.8. The standard InChI is InChI=1S/C12H12BrF3N2O/c13-9-4-3-7(6-8(9)12(14,15)16)18-5-1-2-10(17)11(18)19/h3-4,6,10H,1-2,5,17H2. The van der Waals surface area contributed by atoms with E-state index in [0.29, 0.717) is 19.4 Å². The van der Waals surface area contributed by atoms with Crippen molar-refractivity contribution in [3.05, 3.63) is 28.2 Å². The first-order valence-electron chi connectivity index (χ1n) is 5.74. The highest BCUT2D eigenvalue weighted by atomic mass is 79.9. The van der Waals surface area contributed by atoms with E-state index in [2.05, 4.69) is 15.9 Å². The van der Waals surface area contributed by atoms with Crippen LogP contribution in [0.1, 0.15) is 18.4 Å². The molecule has 2 N–H and O–H groups in total. The number of alkyl halides is 3. The van der Waals surface area contributed by atoms with Crippen molar-refractivity contribution in [3.8, 4) is 0 Å². The number of carbonyl (C=O) groups is 1. The molecular formula is C12H12BrF3N2O. The van der Waals surface area contributed by atoms with E-state index in [4.69, 9.17) is 5.73 Å². The Labute approximate surface area is 116 Å². The molecule has 1 amide bonds. The van der Waals surface area contributed by atoms with Gasteiger partial charge in [0.15, 0.2) is 0 Å². The molecule has 104 valence electrons. The van der Waals surface area contributed by atoms with E-state index in [0.717, 1.165) is 6.07 Å². The zero-order chi connectivity index (χ0) is 14.2. The molecule has 0 saturated carbocycles. The second kappa shape index (κ2) is 5.13. The normalized spacial score (nSPS) is 20.8. The molecule has 1 fully saturated rings. The first-order valence-corrected chi connectivity index (χ1v) is 6.53. The molecule has 1 saturated heterocycles. The van der Waals surface area contributed by atoms with Gasteiger partial charge in [-0.15, -0.1) is 0 Å². The van der Waals surface area contributed by atoms with Gasteiger partial charge < -0.3 is 10.6 Å². The van der Waals surface area contributed by atoms with Gasteiger partial charge in [-0.25, -0.2) is 0 Å². The maximum Gasteiger partial charge on any atom is 0.417 e. The summed E-state index contributed by atoms with van der Waals surface area (Å²) < 4.78 is 38.4. The molecule has 3 nitrogen and oxygen atoms in total. The molecule has 0 spiro atoms. The highest BCUT2D eigenvalue weighted by molar-refractivity contribution is 9.10. The van der Waals surface area contributed by atoms with Gasteiger partial charge in [0.1, 0.15) is 0 Å². The number of carbonyl (C=O) groups excluding carboxylic acids is 1. The lowest BCUT2D eigenvalue weighted by atomic mass is 10.0. The quantitative estimate of drug-likeness (QED) is 0.857. The Morgan fingerprint density at radius 1 is 1.37 bits per heavy atom. The predicted molar refractivity (Wildman–Crippen MR) is 68.7 cm³/mol. The molecule has 19 heavy (non-hydrogen) atoms. The van der Waals surface area contributed by atoms with Gasteiger partial charge in [-0.1, -0.05) is 15.9 Å². The third-order valence-electron chi connectivity index (χ3n) is 3.05. The smallest absolute Gasteiger partial charge is 0.320 e. The third kappa shape index (κ3) is 2.92. The summed E-state index contributed by atoms with van der Waals surface area (Å²) in [4.78, 5) is 13.2. The molecule has 0 bridgehead atoms. The Hall–Kier alpha value is -1.08. The molecule has 0 radical (unpaired) electrons. The summed E-state index contributed by atoms with van der Waals surface area (Å²) in [7, 11) is 0. The van der Waals surface area contributed by atoms with Gasteiger partial charge >= 0.3 is 6.18 Å². The average Bonchev–Trinajstić information content (AvgIpc) is 2.32. The van der Waals surface area contributed by atoms with Crippen LogP contribution in [0.2, 0.25) is 0 Å². The number of nitrogens with two attached hydrogens (primary N) is 1. The number of piperidine rings is 1. The zero-order valence-electron chi connectivity index (χ0n) is 9.88. The van der Waals surface area contributed by atoms with Gasteiger partial charge in [0, 0.05) is 16.7 Å². The summed E-state index contributed by atoms with van der Waals surface area (Å²) >= 11 is 2.87. The SMILES string of the molecule is NC1CCCN(c2ccc(Br)c(C(F)(F)F)c2)C1=O. The van der Waals surface area contributed by atoms with Crippen molar-refractivity contribution in [2.45, 2.75) is 25.1 Å². The Morgan fingerprint density at radius 3 is 2.68 bits per heavy atom. The van der Waals surface area contributed by atoms with Crippen LogP contribution in [0.15, 0.2) is 22.7 Å². The summed E-state index contributed by atoms with van der Waals surface area (Å²) in [5, 5.41) is 0. The molecule has 1 unspecified atom stereocenters. The maximum atomic E-state index is 12.8. The average molecular weight is 337 g/mol. The third-order valence-corrected chi connectivity index (χ3v) is 3.74. The molecule has 2 rings (SSSR count). The number of anilines is 1. The summed E-state index contributed by atoms with van der Waals surface area (Å²) in [6.07, 6.45) is -3.21. The van der Waals surface area contributed by atoms with E-state index in [9.17, 15) is 18.0 Å². The van der Waals surface area contributed by atoms with E-state index in [1.807, 2.05) is 0 Å². The molecular weight excluding hydrogens is 325 g/mol. The summed E-state index contributed by atoms with van der Waals surface area (Å²) in [5.41, 5.74) is 5.07.